The molecule has 1 aromatic carbocycles. The molecule has 5 nitrogen and oxygen atoms in total. The number of hydrogen-bond donors (Lipinski definition) is 1. The number of carbonyl (C=O) groups is 2. The van der Waals surface area contributed by atoms with Crippen molar-refractivity contribution < 1.29 is 14.3 Å². The zero-order valence-electron chi connectivity index (χ0n) is 14.7. The van der Waals surface area contributed by atoms with Gasteiger partial charge in [-0.2, -0.15) is 0 Å². The smallest absolute Gasteiger partial charge is 0.251 e. The van der Waals surface area contributed by atoms with Crippen LogP contribution < -0.4 is 5.32 Å². The lowest BCUT2D eigenvalue weighted by Crippen LogP contribution is -2.66. The SMILES string of the molecule is C[C@@H]1C[C@H]1C(=O)N1CC2(CC[C@@H](CNC(=O)c3ccccc3)CO2)C1. The molecule has 4 rings (SSSR count). The molecule has 1 aliphatic carbocycles. The predicted octanol–water partition coefficient (Wildman–Crippen LogP) is 2.08. The Balaban J connectivity index is 1.19. The Labute approximate surface area is 148 Å². The van der Waals surface area contributed by atoms with Crippen molar-refractivity contribution in [1.82, 2.24) is 10.2 Å². The van der Waals surface area contributed by atoms with E-state index in [4.69, 9.17) is 4.74 Å². The number of likely N-dealkylation sites (tertiary alicyclic amines) is 1. The molecule has 3 fully saturated rings. The van der Waals surface area contributed by atoms with Crippen LogP contribution in [0.4, 0.5) is 0 Å². The van der Waals surface area contributed by atoms with E-state index in [9.17, 15) is 9.59 Å². The van der Waals surface area contributed by atoms with Crippen molar-refractivity contribution in [2.45, 2.75) is 31.8 Å². The lowest BCUT2D eigenvalue weighted by Gasteiger charge is -2.53. The van der Waals surface area contributed by atoms with Gasteiger partial charge >= 0.3 is 0 Å². The Bertz CT molecular complexity index is 644. The summed E-state index contributed by atoms with van der Waals surface area (Å²) in [5.41, 5.74) is 0.575. The van der Waals surface area contributed by atoms with Gasteiger partial charge in [-0.1, -0.05) is 25.1 Å². The topological polar surface area (TPSA) is 58.6 Å². The van der Waals surface area contributed by atoms with E-state index in [0.717, 1.165) is 32.4 Å². The third-order valence-corrected chi connectivity index (χ3v) is 5.92. The van der Waals surface area contributed by atoms with E-state index in [1.54, 1.807) is 0 Å². The van der Waals surface area contributed by atoms with Crippen molar-refractivity contribution >= 4 is 11.8 Å². The second-order valence-electron chi connectivity index (χ2n) is 7.99. The van der Waals surface area contributed by atoms with Crippen molar-refractivity contribution in [3.63, 3.8) is 0 Å². The molecule has 5 heteroatoms. The summed E-state index contributed by atoms with van der Waals surface area (Å²) in [7, 11) is 0. The van der Waals surface area contributed by atoms with Crippen molar-refractivity contribution in [3.8, 4) is 0 Å². The van der Waals surface area contributed by atoms with Crippen LogP contribution in [0.3, 0.4) is 0 Å². The average molecular weight is 342 g/mol. The lowest BCUT2D eigenvalue weighted by atomic mass is 9.82. The number of hydrogen-bond acceptors (Lipinski definition) is 3. The molecule has 25 heavy (non-hydrogen) atoms. The lowest BCUT2D eigenvalue weighted by molar-refractivity contribution is -0.189. The van der Waals surface area contributed by atoms with Gasteiger partial charge in [0, 0.05) is 18.0 Å². The van der Waals surface area contributed by atoms with Gasteiger partial charge in [0.1, 0.15) is 5.60 Å². The van der Waals surface area contributed by atoms with Crippen molar-refractivity contribution in [2.75, 3.05) is 26.2 Å². The molecular weight excluding hydrogens is 316 g/mol. The highest BCUT2D eigenvalue weighted by Crippen LogP contribution is 2.43. The van der Waals surface area contributed by atoms with E-state index in [1.807, 2.05) is 35.2 Å². The predicted molar refractivity (Wildman–Crippen MR) is 94.0 cm³/mol. The van der Waals surface area contributed by atoms with Crippen LogP contribution in [0.25, 0.3) is 0 Å². The number of nitrogens with one attached hydrogen (secondary N) is 1. The van der Waals surface area contributed by atoms with Crippen LogP contribution in [-0.4, -0.2) is 48.6 Å². The molecule has 0 radical (unpaired) electrons. The number of ether oxygens (including phenoxy) is 1. The van der Waals surface area contributed by atoms with E-state index < -0.39 is 0 Å². The molecular formula is C20H26N2O3. The first-order valence-electron chi connectivity index (χ1n) is 9.32. The highest BCUT2D eigenvalue weighted by Gasteiger charge is 2.52. The summed E-state index contributed by atoms with van der Waals surface area (Å²) in [6.07, 6.45) is 3.06. The van der Waals surface area contributed by atoms with Gasteiger partial charge in [0.15, 0.2) is 0 Å². The van der Waals surface area contributed by atoms with Gasteiger partial charge in [0.25, 0.3) is 5.91 Å². The maximum Gasteiger partial charge on any atom is 0.251 e. The Morgan fingerprint density at radius 2 is 2.00 bits per heavy atom. The minimum Gasteiger partial charge on any atom is -0.371 e. The van der Waals surface area contributed by atoms with Crippen LogP contribution in [0, 0.1) is 17.8 Å². The molecule has 2 amide bonds. The molecule has 1 N–H and O–H groups in total. The van der Waals surface area contributed by atoms with Crippen molar-refractivity contribution in [1.29, 1.82) is 0 Å². The summed E-state index contributed by atoms with van der Waals surface area (Å²) in [6.45, 7) is 4.95. The number of nitrogens with zero attached hydrogens (tertiary/aromatic N) is 1. The summed E-state index contributed by atoms with van der Waals surface area (Å²) in [6, 6.07) is 9.29. The summed E-state index contributed by atoms with van der Waals surface area (Å²) in [4.78, 5) is 26.3. The van der Waals surface area contributed by atoms with Crippen molar-refractivity contribution in [2.24, 2.45) is 17.8 Å². The van der Waals surface area contributed by atoms with Crippen LogP contribution in [0.5, 0.6) is 0 Å². The molecule has 2 aliphatic heterocycles. The summed E-state index contributed by atoms with van der Waals surface area (Å²) in [5.74, 6) is 1.47. The highest BCUT2D eigenvalue weighted by atomic mass is 16.5. The third-order valence-electron chi connectivity index (χ3n) is 5.92. The largest absolute Gasteiger partial charge is 0.371 e. The Morgan fingerprint density at radius 1 is 1.28 bits per heavy atom. The summed E-state index contributed by atoms with van der Waals surface area (Å²) < 4.78 is 6.11. The molecule has 2 heterocycles. The van der Waals surface area contributed by atoms with E-state index in [-0.39, 0.29) is 17.4 Å². The molecule has 0 bridgehead atoms. The molecule has 1 spiro atoms. The number of rotatable bonds is 4. The van der Waals surface area contributed by atoms with Gasteiger partial charge in [-0.15, -0.1) is 0 Å². The van der Waals surface area contributed by atoms with Crippen LogP contribution in [0.15, 0.2) is 30.3 Å². The zero-order chi connectivity index (χ0) is 17.4. The highest BCUT2D eigenvalue weighted by molar-refractivity contribution is 5.94. The van der Waals surface area contributed by atoms with E-state index in [0.29, 0.717) is 36.5 Å². The van der Waals surface area contributed by atoms with Crippen LogP contribution in [0.2, 0.25) is 0 Å². The standard InChI is InChI=1S/C20H26N2O3/c1-14-9-17(14)19(24)22-12-20(13-22)8-7-15(11-25-20)10-21-18(23)16-5-3-2-4-6-16/h2-6,14-15,17H,7-13H2,1H3,(H,21,23)/t14-,15+,17-/m1/s1. The van der Waals surface area contributed by atoms with Gasteiger partial charge < -0.3 is 15.0 Å². The molecule has 3 aliphatic rings. The molecule has 134 valence electrons. The first-order valence-corrected chi connectivity index (χ1v) is 9.32. The van der Waals surface area contributed by atoms with Gasteiger partial charge in [-0.25, -0.2) is 0 Å². The number of benzene rings is 1. The quantitative estimate of drug-likeness (QED) is 0.911. The fraction of sp³-hybridized carbons (Fsp3) is 0.600. The molecule has 0 unspecified atom stereocenters. The van der Waals surface area contributed by atoms with Gasteiger partial charge in [0.2, 0.25) is 5.91 Å². The van der Waals surface area contributed by atoms with Crippen molar-refractivity contribution in [3.05, 3.63) is 35.9 Å². The minimum absolute atomic E-state index is 0.0279. The Kier molecular flexibility index (Phi) is 4.28. The van der Waals surface area contributed by atoms with E-state index >= 15 is 0 Å². The Hall–Kier alpha value is -1.88. The molecule has 3 atom stereocenters. The van der Waals surface area contributed by atoms with Gasteiger partial charge in [-0.3, -0.25) is 9.59 Å². The van der Waals surface area contributed by atoms with Gasteiger partial charge in [-0.05, 0) is 43.2 Å². The number of carbonyl (C=O) groups excluding carboxylic acids is 2. The minimum atomic E-state index is -0.117. The van der Waals surface area contributed by atoms with E-state index in [2.05, 4.69) is 12.2 Å². The average Bonchev–Trinajstić information content (AvgIpc) is 3.35. The molecule has 1 saturated carbocycles. The Morgan fingerprint density at radius 3 is 2.60 bits per heavy atom. The second-order valence-corrected chi connectivity index (χ2v) is 7.99. The normalized spacial score (nSPS) is 29.8. The van der Waals surface area contributed by atoms with E-state index in [1.165, 1.54) is 0 Å². The molecule has 1 aromatic rings. The maximum atomic E-state index is 12.2. The maximum absolute atomic E-state index is 12.2. The first kappa shape index (κ1) is 16.6. The first-order chi connectivity index (χ1) is 12.1. The monoisotopic (exact) mass is 342 g/mol. The fourth-order valence-corrected chi connectivity index (χ4v) is 3.96. The van der Waals surface area contributed by atoms with Gasteiger partial charge in [0.05, 0.1) is 19.7 Å². The number of amides is 2. The fourth-order valence-electron chi connectivity index (χ4n) is 3.96. The van der Waals surface area contributed by atoms with Crippen LogP contribution >= 0.6 is 0 Å². The summed E-state index contributed by atoms with van der Waals surface area (Å²) in [5, 5.41) is 3.00. The zero-order valence-corrected chi connectivity index (χ0v) is 14.7. The van der Waals surface area contributed by atoms with Crippen LogP contribution in [0.1, 0.15) is 36.5 Å². The molecule has 0 aromatic heterocycles. The summed E-state index contributed by atoms with van der Waals surface area (Å²) >= 11 is 0. The second kappa shape index (κ2) is 6.45. The van der Waals surface area contributed by atoms with Crippen LogP contribution in [-0.2, 0) is 9.53 Å². The third kappa shape index (κ3) is 3.43. The molecule has 2 saturated heterocycles.